The van der Waals surface area contributed by atoms with Gasteiger partial charge in [0.15, 0.2) is 0 Å². The van der Waals surface area contributed by atoms with Crippen LogP contribution in [0.15, 0.2) is 0 Å². The molecule has 4 heteroatoms. The van der Waals surface area contributed by atoms with Crippen LogP contribution in [0.5, 0.6) is 0 Å². The van der Waals surface area contributed by atoms with E-state index in [4.69, 9.17) is 5.11 Å². The maximum absolute atomic E-state index is 10.8. The molecule has 0 amide bonds. The highest BCUT2D eigenvalue weighted by atomic mass is 32.2. The van der Waals surface area contributed by atoms with Gasteiger partial charge in [-0.1, -0.05) is 6.92 Å². The van der Waals surface area contributed by atoms with Crippen molar-refractivity contribution in [2.45, 2.75) is 25.8 Å². The van der Waals surface area contributed by atoms with Gasteiger partial charge in [-0.3, -0.25) is 9.69 Å². The van der Waals surface area contributed by atoms with Crippen molar-refractivity contribution in [3.05, 3.63) is 0 Å². The van der Waals surface area contributed by atoms with Crippen LogP contribution in [0.2, 0.25) is 0 Å². The molecule has 2 saturated heterocycles. The van der Waals surface area contributed by atoms with E-state index < -0.39 is 5.97 Å². The van der Waals surface area contributed by atoms with Crippen LogP contribution >= 0.6 is 11.8 Å². The van der Waals surface area contributed by atoms with Crippen molar-refractivity contribution < 1.29 is 9.90 Å². The Labute approximate surface area is 95.2 Å². The highest BCUT2D eigenvalue weighted by molar-refractivity contribution is 7.99. The van der Waals surface area contributed by atoms with Gasteiger partial charge in [-0.25, -0.2) is 0 Å². The van der Waals surface area contributed by atoms with Crippen molar-refractivity contribution in [1.29, 1.82) is 0 Å². The van der Waals surface area contributed by atoms with E-state index in [0.717, 1.165) is 19.1 Å². The predicted octanol–water partition coefficient (Wildman–Crippen LogP) is 1.53. The summed E-state index contributed by atoms with van der Waals surface area (Å²) < 4.78 is 0. The number of nitrogens with zero attached hydrogens (tertiary/aromatic N) is 1. The van der Waals surface area contributed by atoms with E-state index in [9.17, 15) is 4.79 Å². The summed E-state index contributed by atoms with van der Waals surface area (Å²) in [5.41, 5.74) is 0. The molecule has 0 aliphatic carbocycles. The minimum atomic E-state index is -0.640. The second kappa shape index (κ2) is 4.74. The summed E-state index contributed by atoms with van der Waals surface area (Å²) in [7, 11) is 0. The zero-order chi connectivity index (χ0) is 10.8. The second-order valence-electron chi connectivity index (χ2n) is 4.68. The Morgan fingerprint density at radius 3 is 2.53 bits per heavy atom. The number of hydrogen-bond acceptors (Lipinski definition) is 3. The molecule has 1 atom stereocenters. The number of aliphatic carboxylic acids is 1. The molecule has 0 saturated carbocycles. The Balaban J connectivity index is 1.75. The van der Waals surface area contributed by atoms with Gasteiger partial charge in [0, 0.05) is 19.1 Å². The van der Waals surface area contributed by atoms with E-state index in [1.54, 1.807) is 0 Å². The molecule has 1 unspecified atom stereocenters. The van der Waals surface area contributed by atoms with Crippen molar-refractivity contribution in [3.63, 3.8) is 0 Å². The maximum Gasteiger partial charge on any atom is 0.306 e. The van der Waals surface area contributed by atoms with Crippen LogP contribution in [0.1, 0.15) is 19.8 Å². The molecule has 0 aromatic carbocycles. The molecule has 0 spiro atoms. The van der Waals surface area contributed by atoms with E-state index in [1.807, 2.05) is 18.7 Å². The van der Waals surface area contributed by atoms with Crippen molar-refractivity contribution >= 4 is 17.7 Å². The van der Waals surface area contributed by atoms with Crippen molar-refractivity contribution in [2.75, 3.05) is 24.6 Å². The molecule has 2 fully saturated rings. The molecule has 2 aliphatic heterocycles. The minimum absolute atomic E-state index is 0.167. The summed E-state index contributed by atoms with van der Waals surface area (Å²) in [5.74, 6) is 2.14. The van der Waals surface area contributed by atoms with E-state index in [-0.39, 0.29) is 5.92 Å². The van der Waals surface area contributed by atoms with E-state index in [2.05, 4.69) is 4.90 Å². The lowest BCUT2D eigenvalue weighted by atomic mass is 9.85. The molecule has 3 nitrogen and oxygen atoms in total. The average molecular weight is 229 g/mol. The number of carboxylic acids is 1. The van der Waals surface area contributed by atoms with Gasteiger partial charge in [0.1, 0.15) is 0 Å². The van der Waals surface area contributed by atoms with E-state index in [0.29, 0.717) is 5.92 Å². The first-order valence-corrected chi connectivity index (χ1v) is 6.88. The van der Waals surface area contributed by atoms with Gasteiger partial charge >= 0.3 is 5.97 Å². The van der Waals surface area contributed by atoms with Crippen LogP contribution in [-0.2, 0) is 4.79 Å². The number of rotatable bonds is 3. The Morgan fingerprint density at radius 2 is 2.00 bits per heavy atom. The van der Waals surface area contributed by atoms with Crippen LogP contribution in [0, 0.1) is 11.8 Å². The fourth-order valence-electron chi connectivity index (χ4n) is 2.42. The lowest BCUT2D eigenvalue weighted by molar-refractivity contribution is -0.146. The largest absolute Gasteiger partial charge is 0.481 e. The Morgan fingerprint density at radius 1 is 1.40 bits per heavy atom. The summed E-state index contributed by atoms with van der Waals surface area (Å²) in [4.78, 5) is 13.3. The molecule has 0 aromatic heterocycles. The van der Waals surface area contributed by atoms with Crippen LogP contribution in [0.4, 0.5) is 0 Å². The number of carboxylic acid groups (broad SMARTS) is 1. The summed E-state index contributed by atoms with van der Waals surface area (Å²) in [6.45, 7) is 3.84. The normalized spacial score (nSPS) is 27.3. The van der Waals surface area contributed by atoms with E-state index >= 15 is 0 Å². The van der Waals surface area contributed by atoms with Gasteiger partial charge in [0.05, 0.1) is 5.92 Å². The molecular weight excluding hydrogens is 210 g/mol. The molecular formula is C11H19NO2S. The van der Waals surface area contributed by atoms with Gasteiger partial charge < -0.3 is 5.11 Å². The predicted molar refractivity (Wildman–Crippen MR) is 62.2 cm³/mol. The van der Waals surface area contributed by atoms with Gasteiger partial charge in [0.25, 0.3) is 0 Å². The van der Waals surface area contributed by atoms with Gasteiger partial charge in [0.2, 0.25) is 0 Å². The fourth-order valence-corrected chi connectivity index (χ4v) is 3.50. The molecule has 2 rings (SSSR count). The van der Waals surface area contributed by atoms with Crippen LogP contribution in [-0.4, -0.2) is 46.6 Å². The molecule has 2 aliphatic rings. The zero-order valence-corrected chi connectivity index (χ0v) is 10.0. The van der Waals surface area contributed by atoms with Gasteiger partial charge in [-0.05, 0) is 30.3 Å². The number of likely N-dealkylation sites (tertiary alicyclic amines) is 1. The second-order valence-corrected chi connectivity index (χ2v) is 5.91. The molecule has 86 valence electrons. The van der Waals surface area contributed by atoms with Gasteiger partial charge in [-0.15, -0.1) is 0 Å². The molecule has 1 N–H and O–H groups in total. The highest BCUT2D eigenvalue weighted by Crippen LogP contribution is 2.31. The summed E-state index contributed by atoms with van der Waals surface area (Å²) in [6, 6.07) is 0.739. The third-order valence-electron chi connectivity index (χ3n) is 3.74. The number of hydrogen-bond donors (Lipinski definition) is 1. The topological polar surface area (TPSA) is 40.5 Å². The summed E-state index contributed by atoms with van der Waals surface area (Å²) >= 11 is 2.04. The highest BCUT2D eigenvalue weighted by Gasteiger charge is 2.38. The maximum atomic E-state index is 10.8. The number of thioether (sulfide) groups is 1. The molecule has 0 radical (unpaired) electrons. The van der Waals surface area contributed by atoms with Gasteiger partial charge in [-0.2, -0.15) is 11.8 Å². The van der Waals surface area contributed by atoms with Crippen molar-refractivity contribution in [2.24, 2.45) is 11.8 Å². The Bertz CT molecular complexity index is 235. The lowest BCUT2D eigenvalue weighted by Gasteiger charge is -2.47. The van der Waals surface area contributed by atoms with E-state index in [1.165, 1.54) is 24.3 Å². The SMILES string of the molecule is CC(C(=O)O)C1CN(C2CCSCC2)C1. The Kier molecular flexibility index (Phi) is 3.57. The van der Waals surface area contributed by atoms with Crippen molar-refractivity contribution in [3.8, 4) is 0 Å². The molecule has 0 aromatic rings. The lowest BCUT2D eigenvalue weighted by Crippen LogP contribution is -2.55. The third kappa shape index (κ3) is 2.48. The smallest absolute Gasteiger partial charge is 0.306 e. The van der Waals surface area contributed by atoms with Crippen LogP contribution in [0.25, 0.3) is 0 Å². The standard InChI is InChI=1S/C11H19NO2S/c1-8(11(13)14)9-6-12(7-9)10-2-4-15-5-3-10/h8-10H,2-7H2,1H3,(H,13,14). The zero-order valence-electron chi connectivity index (χ0n) is 9.19. The quantitative estimate of drug-likeness (QED) is 0.797. The number of carbonyl (C=O) groups is 1. The summed E-state index contributed by atoms with van der Waals surface area (Å²) in [5, 5.41) is 8.89. The molecule has 0 bridgehead atoms. The average Bonchev–Trinajstić information content (AvgIpc) is 2.17. The Hall–Kier alpha value is -0.220. The first-order chi connectivity index (χ1) is 7.18. The molecule has 2 heterocycles. The first-order valence-electron chi connectivity index (χ1n) is 5.73. The summed E-state index contributed by atoms with van der Waals surface area (Å²) in [6.07, 6.45) is 2.58. The first kappa shape index (κ1) is 11.3. The monoisotopic (exact) mass is 229 g/mol. The molecule has 15 heavy (non-hydrogen) atoms. The fraction of sp³-hybridized carbons (Fsp3) is 0.909. The third-order valence-corrected chi connectivity index (χ3v) is 4.79. The van der Waals surface area contributed by atoms with Crippen LogP contribution in [0.3, 0.4) is 0 Å². The van der Waals surface area contributed by atoms with Crippen molar-refractivity contribution in [1.82, 2.24) is 4.90 Å². The van der Waals surface area contributed by atoms with Crippen LogP contribution < -0.4 is 0 Å². The minimum Gasteiger partial charge on any atom is -0.481 e.